The van der Waals surface area contributed by atoms with E-state index in [9.17, 15) is 0 Å². The molecule has 3 aromatic rings. The van der Waals surface area contributed by atoms with E-state index in [0.29, 0.717) is 11.6 Å². The summed E-state index contributed by atoms with van der Waals surface area (Å²) in [5.74, 6) is 0.826. The number of halogens is 2. The highest BCUT2D eigenvalue weighted by molar-refractivity contribution is 6.31. The highest BCUT2D eigenvalue weighted by Gasteiger charge is 2.08. The van der Waals surface area contributed by atoms with E-state index in [-0.39, 0.29) is 0 Å². The molecule has 0 saturated heterocycles. The molecule has 0 bridgehead atoms. The minimum absolute atomic E-state index is 0.708. The van der Waals surface area contributed by atoms with Crippen molar-refractivity contribution in [3.63, 3.8) is 0 Å². The summed E-state index contributed by atoms with van der Waals surface area (Å²) in [6, 6.07) is 21.6. The summed E-state index contributed by atoms with van der Waals surface area (Å²) in [5.41, 5.74) is 4.24. The Morgan fingerprint density at radius 3 is 2.38 bits per heavy atom. The van der Waals surface area contributed by atoms with E-state index in [1.807, 2.05) is 54.6 Å². The maximum Gasteiger partial charge on any atom is 0.126 e. The fourth-order valence-corrected chi connectivity index (χ4v) is 2.83. The predicted molar refractivity (Wildman–Crippen MR) is 102 cm³/mol. The van der Waals surface area contributed by atoms with Crippen LogP contribution in [0, 0.1) is 0 Å². The molecule has 0 spiro atoms. The van der Waals surface area contributed by atoms with Gasteiger partial charge in [-0.05, 0) is 59.7 Å². The Morgan fingerprint density at radius 1 is 0.875 bits per heavy atom. The van der Waals surface area contributed by atoms with E-state index < -0.39 is 0 Å². The van der Waals surface area contributed by atoms with Crippen molar-refractivity contribution in [1.29, 1.82) is 0 Å². The number of hydrogen-bond acceptors (Lipinski definition) is 2. The second-order valence-electron chi connectivity index (χ2n) is 5.41. The zero-order chi connectivity index (χ0) is 16.9. The van der Waals surface area contributed by atoms with E-state index in [1.165, 1.54) is 0 Å². The monoisotopic (exact) mass is 357 g/mol. The Hall–Kier alpha value is -2.16. The molecule has 0 amide bonds. The van der Waals surface area contributed by atoms with Crippen LogP contribution >= 0.6 is 23.2 Å². The molecule has 0 aliphatic heterocycles. The largest absolute Gasteiger partial charge is 0.496 e. The molecule has 3 aromatic carbocycles. The molecule has 0 heterocycles. The predicted octanol–water partition coefficient (Wildman–Crippen LogP) is 6.28. The van der Waals surface area contributed by atoms with E-state index in [1.54, 1.807) is 7.11 Å². The molecule has 4 heteroatoms. The summed E-state index contributed by atoms with van der Waals surface area (Å²) in [6.07, 6.45) is 0. The van der Waals surface area contributed by atoms with Crippen LogP contribution in [0.1, 0.15) is 5.56 Å². The highest BCUT2D eigenvalue weighted by Crippen LogP contribution is 2.32. The first-order valence-corrected chi connectivity index (χ1v) is 8.33. The van der Waals surface area contributed by atoms with Crippen LogP contribution in [0.5, 0.6) is 5.75 Å². The molecule has 0 aromatic heterocycles. The van der Waals surface area contributed by atoms with Crippen molar-refractivity contribution in [2.75, 3.05) is 12.4 Å². The van der Waals surface area contributed by atoms with Gasteiger partial charge < -0.3 is 10.1 Å². The van der Waals surface area contributed by atoms with Crippen molar-refractivity contribution in [2.24, 2.45) is 0 Å². The van der Waals surface area contributed by atoms with Gasteiger partial charge in [0.25, 0.3) is 0 Å². The summed E-state index contributed by atoms with van der Waals surface area (Å²) in [6.45, 7) is 0.708. The van der Waals surface area contributed by atoms with Gasteiger partial charge in [0, 0.05) is 27.8 Å². The lowest BCUT2D eigenvalue weighted by molar-refractivity contribution is 0.416. The fraction of sp³-hybridized carbons (Fsp3) is 0.100. The summed E-state index contributed by atoms with van der Waals surface area (Å²) in [5, 5.41) is 4.83. The number of methoxy groups -OCH3 is 1. The number of benzene rings is 3. The molecular formula is C20H17Cl2NO. The van der Waals surface area contributed by atoms with Gasteiger partial charge in [0.2, 0.25) is 0 Å². The Bertz CT molecular complexity index is 831. The van der Waals surface area contributed by atoms with Crippen LogP contribution < -0.4 is 10.1 Å². The topological polar surface area (TPSA) is 21.3 Å². The number of nitrogens with one attached hydrogen (secondary N) is 1. The van der Waals surface area contributed by atoms with Crippen molar-refractivity contribution in [3.05, 3.63) is 82.3 Å². The maximum atomic E-state index is 6.12. The summed E-state index contributed by atoms with van der Waals surface area (Å²) in [7, 11) is 1.68. The van der Waals surface area contributed by atoms with Crippen molar-refractivity contribution < 1.29 is 4.74 Å². The molecule has 0 aliphatic rings. The van der Waals surface area contributed by atoms with Gasteiger partial charge in [-0.15, -0.1) is 0 Å². The van der Waals surface area contributed by atoms with Gasteiger partial charge in [0.05, 0.1) is 7.11 Å². The molecule has 24 heavy (non-hydrogen) atoms. The van der Waals surface area contributed by atoms with Crippen LogP contribution in [0.15, 0.2) is 66.7 Å². The van der Waals surface area contributed by atoms with Crippen molar-refractivity contribution in [1.82, 2.24) is 0 Å². The van der Waals surface area contributed by atoms with Crippen LogP contribution in [0.2, 0.25) is 10.0 Å². The lowest BCUT2D eigenvalue weighted by atomic mass is 10.0. The molecule has 1 N–H and O–H groups in total. The first-order valence-electron chi connectivity index (χ1n) is 7.58. The SMILES string of the molecule is COc1ccc(CNc2ccc(Cl)cc2)cc1-c1cccc(Cl)c1. The Balaban J connectivity index is 1.84. The summed E-state index contributed by atoms with van der Waals surface area (Å²) < 4.78 is 5.49. The first-order chi connectivity index (χ1) is 11.7. The van der Waals surface area contributed by atoms with E-state index in [0.717, 1.165) is 33.1 Å². The molecule has 0 atom stereocenters. The van der Waals surface area contributed by atoms with Gasteiger partial charge in [-0.25, -0.2) is 0 Å². The van der Waals surface area contributed by atoms with Gasteiger partial charge in [-0.2, -0.15) is 0 Å². The molecule has 0 fully saturated rings. The second kappa shape index (κ2) is 7.61. The highest BCUT2D eigenvalue weighted by atomic mass is 35.5. The Morgan fingerprint density at radius 2 is 1.67 bits per heavy atom. The molecule has 122 valence electrons. The molecule has 0 unspecified atom stereocenters. The van der Waals surface area contributed by atoms with Crippen LogP contribution in [0.25, 0.3) is 11.1 Å². The maximum absolute atomic E-state index is 6.12. The normalized spacial score (nSPS) is 10.5. The Labute approximate surface area is 152 Å². The van der Waals surface area contributed by atoms with Gasteiger partial charge in [0.15, 0.2) is 0 Å². The first kappa shape index (κ1) is 16.7. The summed E-state index contributed by atoms with van der Waals surface area (Å²) in [4.78, 5) is 0. The molecule has 0 aliphatic carbocycles. The van der Waals surface area contributed by atoms with E-state index in [4.69, 9.17) is 27.9 Å². The van der Waals surface area contributed by atoms with Gasteiger partial charge in [-0.3, -0.25) is 0 Å². The lowest BCUT2D eigenvalue weighted by Crippen LogP contribution is -2.00. The standard InChI is InChI=1S/C20H17Cl2NO/c1-24-20-10-5-14(13-23-18-8-6-16(21)7-9-18)11-19(20)15-3-2-4-17(22)12-15/h2-12,23H,13H2,1H3. The molecule has 3 rings (SSSR count). The number of ether oxygens (including phenoxy) is 1. The van der Waals surface area contributed by atoms with Crippen molar-refractivity contribution in [2.45, 2.75) is 6.54 Å². The van der Waals surface area contributed by atoms with Gasteiger partial charge in [0.1, 0.15) is 5.75 Å². The van der Waals surface area contributed by atoms with Crippen LogP contribution in [-0.2, 0) is 6.54 Å². The minimum atomic E-state index is 0.708. The summed E-state index contributed by atoms with van der Waals surface area (Å²) >= 11 is 12.0. The smallest absolute Gasteiger partial charge is 0.126 e. The molecule has 2 nitrogen and oxygen atoms in total. The van der Waals surface area contributed by atoms with E-state index >= 15 is 0 Å². The number of rotatable bonds is 5. The lowest BCUT2D eigenvalue weighted by Gasteiger charge is -2.12. The zero-order valence-electron chi connectivity index (χ0n) is 13.2. The third kappa shape index (κ3) is 4.02. The van der Waals surface area contributed by atoms with E-state index in [2.05, 4.69) is 17.4 Å². The number of hydrogen-bond donors (Lipinski definition) is 1. The van der Waals surface area contributed by atoms with Crippen LogP contribution in [-0.4, -0.2) is 7.11 Å². The quantitative estimate of drug-likeness (QED) is 0.579. The molecular weight excluding hydrogens is 341 g/mol. The number of anilines is 1. The second-order valence-corrected chi connectivity index (χ2v) is 6.28. The van der Waals surface area contributed by atoms with Crippen LogP contribution in [0.3, 0.4) is 0 Å². The third-order valence-corrected chi connectivity index (χ3v) is 4.23. The fourth-order valence-electron chi connectivity index (χ4n) is 2.52. The van der Waals surface area contributed by atoms with Crippen molar-refractivity contribution in [3.8, 4) is 16.9 Å². The van der Waals surface area contributed by atoms with Crippen LogP contribution in [0.4, 0.5) is 5.69 Å². The Kier molecular flexibility index (Phi) is 5.29. The third-order valence-electron chi connectivity index (χ3n) is 3.74. The van der Waals surface area contributed by atoms with Gasteiger partial charge in [-0.1, -0.05) is 41.4 Å². The minimum Gasteiger partial charge on any atom is -0.496 e. The van der Waals surface area contributed by atoms with Gasteiger partial charge >= 0.3 is 0 Å². The average molecular weight is 358 g/mol. The molecule has 0 saturated carbocycles. The van der Waals surface area contributed by atoms with Crippen molar-refractivity contribution >= 4 is 28.9 Å². The average Bonchev–Trinajstić information content (AvgIpc) is 2.61. The zero-order valence-corrected chi connectivity index (χ0v) is 14.7. The molecule has 0 radical (unpaired) electrons.